The molecule has 0 saturated heterocycles. The smallest absolute Gasteiger partial charge is 0.305 e. The van der Waals surface area contributed by atoms with Gasteiger partial charge in [-0.05, 0) is 64.2 Å². The van der Waals surface area contributed by atoms with Crippen LogP contribution in [0.2, 0.25) is 0 Å². The second-order valence-electron chi connectivity index (χ2n) is 20.3. The Labute approximate surface area is 417 Å². The predicted molar refractivity (Wildman–Crippen MR) is 292 cm³/mol. The maximum absolute atomic E-state index is 12.4. The molecule has 67 heavy (non-hydrogen) atoms. The van der Waals surface area contributed by atoms with Gasteiger partial charge in [-0.25, -0.2) is 0 Å². The minimum atomic E-state index is -0.846. The van der Waals surface area contributed by atoms with Crippen LogP contribution in [-0.4, -0.2) is 47.4 Å². The molecule has 0 aliphatic carbocycles. The Hall–Kier alpha value is -1.92. The summed E-state index contributed by atoms with van der Waals surface area (Å²) in [6, 6.07) is -0.629. The molecule has 0 aliphatic heterocycles. The summed E-state index contributed by atoms with van der Waals surface area (Å²) in [5.74, 6) is -0.0733. The number of nitrogens with one attached hydrogen (secondary N) is 1. The van der Waals surface area contributed by atoms with Crippen LogP contribution in [0.15, 0.2) is 36.5 Å². The minimum Gasteiger partial charge on any atom is -0.466 e. The van der Waals surface area contributed by atoms with Gasteiger partial charge in [0.2, 0.25) is 5.91 Å². The molecule has 0 heterocycles. The lowest BCUT2D eigenvalue weighted by molar-refractivity contribution is -0.143. The van der Waals surface area contributed by atoms with Crippen molar-refractivity contribution < 1.29 is 24.5 Å². The van der Waals surface area contributed by atoms with Gasteiger partial charge in [0.1, 0.15) is 0 Å². The average molecular weight is 943 g/mol. The Morgan fingerprint density at radius 3 is 1.15 bits per heavy atom. The summed E-state index contributed by atoms with van der Waals surface area (Å²) >= 11 is 0. The minimum absolute atomic E-state index is 0.00366. The molecule has 0 saturated carbocycles. The summed E-state index contributed by atoms with van der Waals surface area (Å²) in [6.45, 7) is 4.88. The molecule has 0 rings (SSSR count). The number of aliphatic hydroxyl groups excluding tert-OH is 2. The first kappa shape index (κ1) is 65.1. The van der Waals surface area contributed by atoms with Crippen molar-refractivity contribution in [2.24, 2.45) is 0 Å². The third kappa shape index (κ3) is 53.3. The molecule has 0 radical (unpaired) electrons. The average Bonchev–Trinajstić information content (AvgIpc) is 3.33. The van der Waals surface area contributed by atoms with Crippen molar-refractivity contribution in [3.63, 3.8) is 0 Å². The van der Waals surface area contributed by atoms with Crippen molar-refractivity contribution in [1.82, 2.24) is 5.32 Å². The van der Waals surface area contributed by atoms with Crippen LogP contribution in [0.5, 0.6) is 0 Å². The molecule has 394 valence electrons. The van der Waals surface area contributed by atoms with Crippen LogP contribution in [0, 0.1) is 0 Å². The van der Waals surface area contributed by atoms with Gasteiger partial charge in [0.15, 0.2) is 0 Å². The van der Waals surface area contributed by atoms with Crippen molar-refractivity contribution >= 4 is 11.9 Å². The highest BCUT2D eigenvalue weighted by Gasteiger charge is 2.18. The van der Waals surface area contributed by atoms with Gasteiger partial charge in [-0.1, -0.05) is 275 Å². The topological polar surface area (TPSA) is 95.9 Å². The van der Waals surface area contributed by atoms with Gasteiger partial charge in [-0.2, -0.15) is 0 Å². The molecule has 6 heteroatoms. The second kappa shape index (κ2) is 56.7. The molecule has 2 atom stereocenters. The van der Waals surface area contributed by atoms with Gasteiger partial charge in [-0.3, -0.25) is 9.59 Å². The van der Waals surface area contributed by atoms with Crippen LogP contribution >= 0.6 is 0 Å². The maximum atomic E-state index is 12.4. The molecule has 3 N–H and O–H groups in total. The van der Waals surface area contributed by atoms with E-state index in [1.165, 1.54) is 238 Å². The van der Waals surface area contributed by atoms with Crippen LogP contribution in [0.4, 0.5) is 0 Å². The first-order valence-electron chi connectivity index (χ1n) is 29.8. The number of aliphatic hydroxyl groups is 2. The van der Waals surface area contributed by atoms with Crippen LogP contribution in [0.3, 0.4) is 0 Å². The number of carbonyl (C=O) groups excluding carboxylic acids is 2. The van der Waals surface area contributed by atoms with E-state index in [1.54, 1.807) is 6.08 Å². The van der Waals surface area contributed by atoms with E-state index in [9.17, 15) is 19.8 Å². The number of ether oxygens (including phenoxy) is 1. The van der Waals surface area contributed by atoms with Gasteiger partial charge in [-0.15, -0.1) is 0 Å². The largest absolute Gasteiger partial charge is 0.466 e. The van der Waals surface area contributed by atoms with Crippen LogP contribution in [-0.2, 0) is 14.3 Å². The lowest BCUT2D eigenvalue weighted by Gasteiger charge is -2.20. The highest BCUT2D eigenvalue weighted by atomic mass is 16.5. The number of amides is 1. The van der Waals surface area contributed by atoms with Gasteiger partial charge >= 0.3 is 5.97 Å². The van der Waals surface area contributed by atoms with Crippen molar-refractivity contribution in [1.29, 1.82) is 0 Å². The lowest BCUT2D eigenvalue weighted by Crippen LogP contribution is -2.45. The van der Waals surface area contributed by atoms with Crippen molar-refractivity contribution in [3.05, 3.63) is 36.5 Å². The van der Waals surface area contributed by atoms with Crippen LogP contribution < -0.4 is 5.32 Å². The Bertz CT molecular complexity index is 1090. The fraction of sp³-hybridized carbons (Fsp3) is 0.869. The quantitative estimate of drug-likeness (QED) is 0.0321. The fourth-order valence-corrected chi connectivity index (χ4v) is 9.08. The monoisotopic (exact) mass is 942 g/mol. The van der Waals surface area contributed by atoms with Crippen molar-refractivity contribution in [3.8, 4) is 0 Å². The zero-order valence-corrected chi connectivity index (χ0v) is 44.9. The zero-order valence-electron chi connectivity index (χ0n) is 44.9. The summed E-state index contributed by atoms with van der Waals surface area (Å²) in [5, 5.41) is 23.1. The molecule has 6 nitrogen and oxygen atoms in total. The second-order valence-corrected chi connectivity index (χ2v) is 20.3. The Morgan fingerprint density at radius 1 is 0.418 bits per heavy atom. The van der Waals surface area contributed by atoms with E-state index in [0.29, 0.717) is 19.4 Å². The van der Waals surface area contributed by atoms with E-state index in [1.807, 2.05) is 6.08 Å². The number of esters is 1. The highest BCUT2D eigenvalue weighted by molar-refractivity contribution is 5.76. The molecule has 0 aliphatic rings. The van der Waals surface area contributed by atoms with Crippen molar-refractivity contribution in [2.75, 3.05) is 13.2 Å². The summed E-state index contributed by atoms with van der Waals surface area (Å²) in [7, 11) is 0. The molecule has 0 bridgehead atoms. The number of hydrogen-bond donors (Lipinski definition) is 3. The Kier molecular flexibility index (Phi) is 55.0. The molecule has 0 aromatic heterocycles. The third-order valence-corrected chi connectivity index (χ3v) is 13.7. The van der Waals surface area contributed by atoms with E-state index in [2.05, 4.69) is 43.5 Å². The Morgan fingerprint density at radius 2 is 0.746 bits per heavy atom. The lowest BCUT2D eigenvalue weighted by atomic mass is 10.0. The third-order valence-electron chi connectivity index (χ3n) is 13.7. The van der Waals surface area contributed by atoms with Gasteiger partial charge < -0.3 is 20.3 Å². The number of hydrogen-bond acceptors (Lipinski definition) is 5. The molecular formula is C61H115NO5. The van der Waals surface area contributed by atoms with Gasteiger partial charge in [0, 0.05) is 12.8 Å². The first-order valence-corrected chi connectivity index (χ1v) is 29.8. The maximum Gasteiger partial charge on any atom is 0.305 e. The van der Waals surface area contributed by atoms with Crippen molar-refractivity contribution in [2.45, 2.75) is 328 Å². The van der Waals surface area contributed by atoms with E-state index < -0.39 is 12.1 Å². The molecule has 0 fully saturated rings. The molecular weight excluding hydrogens is 827 g/mol. The van der Waals surface area contributed by atoms with Crippen LogP contribution in [0.25, 0.3) is 0 Å². The molecule has 2 unspecified atom stereocenters. The first-order chi connectivity index (χ1) is 33.0. The summed E-state index contributed by atoms with van der Waals surface area (Å²) in [6.07, 6.45) is 70.2. The molecule has 0 aromatic carbocycles. The summed E-state index contributed by atoms with van der Waals surface area (Å²) in [4.78, 5) is 24.5. The predicted octanol–water partition coefficient (Wildman–Crippen LogP) is 18.4. The highest BCUT2D eigenvalue weighted by Crippen LogP contribution is 2.17. The number of carbonyl (C=O) groups is 2. The van der Waals surface area contributed by atoms with E-state index >= 15 is 0 Å². The fourth-order valence-electron chi connectivity index (χ4n) is 9.08. The summed E-state index contributed by atoms with van der Waals surface area (Å²) in [5.41, 5.74) is 0. The van der Waals surface area contributed by atoms with E-state index in [0.717, 1.165) is 51.4 Å². The number of allylic oxidation sites excluding steroid dienone is 5. The molecule has 1 amide bonds. The van der Waals surface area contributed by atoms with E-state index in [4.69, 9.17) is 4.74 Å². The van der Waals surface area contributed by atoms with Gasteiger partial charge in [0.05, 0.1) is 25.4 Å². The van der Waals surface area contributed by atoms with Gasteiger partial charge in [0.25, 0.3) is 0 Å². The van der Waals surface area contributed by atoms with Crippen LogP contribution in [0.1, 0.15) is 316 Å². The normalized spacial score (nSPS) is 12.8. The standard InChI is InChI=1S/C61H115NO5/c1-3-5-7-9-11-13-15-17-19-27-31-35-39-43-47-51-55-61(66)67-56-52-48-44-40-36-32-28-25-23-21-20-22-24-26-30-34-38-42-46-50-54-60(65)62-58(57-63)59(64)53-49-45-41-37-33-29-18-16-14-12-10-8-6-4-2/h13,15,19,27,49,53,58-59,63-64H,3-12,14,16-18,20-26,28-48,50-52,54-57H2,1-2H3,(H,62,65)/b15-13-,27-19-,53-49+. The number of unbranched alkanes of at least 4 members (excludes halogenated alkanes) is 40. The molecule has 0 aromatic rings. The Balaban J connectivity index is 3.42. The SMILES string of the molecule is CCCCCC/C=C\C/C=C\CCCCCCCC(=O)OCCCCCCCCCCCCCCCCCCCCCCC(=O)NC(CO)C(O)/C=C/CCCCCCCCCCCCCC. The summed E-state index contributed by atoms with van der Waals surface area (Å²) < 4.78 is 5.48. The zero-order chi connectivity index (χ0) is 48.6. The van der Waals surface area contributed by atoms with E-state index in [-0.39, 0.29) is 18.5 Å². The molecule has 0 spiro atoms. The number of rotatable bonds is 55.